The molecule has 0 radical (unpaired) electrons. The molecule has 1 N–H and O–H groups in total. The fourth-order valence-electron chi connectivity index (χ4n) is 5.99. The number of benzene rings is 4. The van der Waals surface area contributed by atoms with Crippen LogP contribution in [-0.4, -0.2) is 64.9 Å². The molecule has 2 amide bonds. The van der Waals surface area contributed by atoms with Crippen molar-refractivity contribution in [1.82, 2.24) is 9.80 Å². The number of fused-ring (bicyclic) bond motifs is 1. The van der Waals surface area contributed by atoms with Crippen LogP contribution in [0, 0.1) is 0 Å². The lowest BCUT2D eigenvalue weighted by Gasteiger charge is -2.34. The highest BCUT2D eigenvalue weighted by Crippen LogP contribution is 2.37. The molecule has 0 aromatic heterocycles. The monoisotopic (exact) mass is 655 g/mol. The van der Waals surface area contributed by atoms with Crippen molar-refractivity contribution >= 4 is 27.5 Å². The topological polar surface area (TPSA) is 105 Å². The number of hydrogen-bond donors (Lipinski definition) is 1. The number of anilines is 1. The van der Waals surface area contributed by atoms with Crippen LogP contribution in [0.25, 0.3) is 11.1 Å². The van der Waals surface area contributed by atoms with Gasteiger partial charge in [-0.3, -0.25) is 14.3 Å². The molecule has 1 aliphatic carbocycles. The van der Waals surface area contributed by atoms with Crippen molar-refractivity contribution in [3.8, 4) is 22.6 Å². The summed E-state index contributed by atoms with van der Waals surface area (Å²) in [6, 6.07) is 24.9. The molecule has 0 bridgehead atoms. The number of carbonyl (C=O) groups is 2. The van der Waals surface area contributed by atoms with Gasteiger partial charge in [0.1, 0.15) is 16.4 Å². The lowest BCUT2D eigenvalue weighted by molar-refractivity contribution is -0.131. The summed E-state index contributed by atoms with van der Waals surface area (Å²) in [5, 5.41) is 0. The van der Waals surface area contributed by atoms with E-state index in [0.29, 0.717) is 29.0 Å². The first kappa shape index (κ1) is 33.5. The molecule has 0 saturated heterocycles. The van der Waals surface area contributed by atoms with Crippen LogP contribution in [0.1, 0.15) is 52.9 Å². The number of hydrogen-bond acceptors (Lipinski definition) is 6. The molecule has 4 aromatic carbocycles. The van der Waals surface area contributed by atoms with Gasteiger partial charge < -0.3 is 19.3 Å². The minimum absolute atomic E-state index is 0.0274. The van der Waals surface area contributed by atoms with Crippen molar-refractivity contribution < 1.29 is 27.5 Å². The smallest absolute Gasteiger partial charge is 0.265 e. The van der Waals surface area contributed by atoms with Crippen molar-refractivity contribution in [1.29, 1.82) is 0 Å². The SMILES string of the molecule is CCOc1cccc(CC(=O)N(C)C2CCCc3ccc(NS(=O)(=O)c4cc(-c5cccc(C(=O)N(C)C)c5)ccc4OC)cc32)c1. The number of ether oxygens (including phenoxy) is 2. The molecule has 1 aliphatic rings. The first-order chi connectivity index (χ1) is 22.5. The molecule has 5 rings (SSSR count). The lowest BCUT2D eigenvalue weighted by Crippen LogP contribution is -2.34. The van der Waals surface area contributed by atoms with Gasteiger partial charge in [-0.15, -0.1) is 0 Å². The molecular formula is C37H41N3O6S. The zero-order valence-corrected chi connectivity index (χ0v) is 28.3. The summed E-state index contributed by atoms with van der Waals surface area (Å²) >= 11 is 0. The molecule has 0 aliphatic heterocycles. The van der Waals surface area contributed by atoms with Crippen LogP contribution >= 0.6 is 0 Å². The van der Waals surface area contributed by atoms with Crippen LogP contribution in [0.5, 0.6) is 11.5 Å². The van der Waals surface area contributed by atoms with Gasteiger partial charge in [0.15, 0.2) is 0 Å². The van der Waals surface area contributed by atoms with Gasteiger partial charge in [0.25, 0.3) is 15.9 Å². The summed E-state index contributed by atoms with van der Waals surface area (Å²) in [4.78, 5) is 29.2. The van der Waals surface area contributed by atoms with E-state index >= 15 is 0 Å². The van der Waals surface area contributed by atoms with E-state index in [1.807, 2.05) is 56.4 Å². The first-order valence-corrected chi connectivity index (χ1v) is 17.1. The third kappa shape index (κ3) is 7.60. The van der Waals surface area contributed by atoms with Crippen LogP contribution in [0.4, 0.5) is 5.69 Å². The fourth-order valence-corrected chi connectivity index (χ4v) is 7.24. The highest BCUT2D eigenvalue weighted by Gasteiger charge is 2.28. The number of amides is 2. The zero-order valence-electron chi connectivity index (χ0n) is 27.4. The molecule has 1 atom stereocenters. The maximum atomic E-state index is 13.9. The van der Waals surface area contributed by atoms with Gasteiger partial charge in [-0.2, -0.15) is 0 Å². The lowest BCUT2D eigenvalue weighted by atomic mass is 9.86. The highest BCUT2D eigenvalue weighted by molar-refractivity contribution is 7.92. The normalized spacial score (nSPS) is 14.1. The Morgan fingerprint density at radius 1 is 0.915 bits per heavy atom. The number of nitrogens with one attached hydrogen (secondary N) is 1. The summed E-state index contributed by atoms with van der Waals surface area (Å²) < 4.78 is 41.5. The van der Waals surface area contributed by atoms with Crippen molar-refractivity contribution in [2.75, 3.05) is 39.6 Å². The minimum Gasteiger partial charge on any atom is -0.495 e. The Balaban J connectivity index is 1.40. The molecule has 246 valence electrons. The molecule has 4 aromatic rings. The third-order valence-corrected chi connectivity index (χ3v) is 9.81. The standard InChI is InChI=1S/C37H41N3O6S/c1-6-46-31-14-7-10-25(20-31)21-36(41)40(4)33-15-9-11-26-16-18-30(24-32(26)33)38-47(43,44)35-23-28(17-19-34(35)45-5)27-12-8-13-29(22-27)37(42)39(2)3/h7-8,10,12-14,16-20,22-24,33,38H,6,9,11,15,21H2,1-5H3. The van der Waals surface area contributed by atoms with Crippen molar-refractivity contribution in [3.05, 3.63) is 107 Å². The van der Waals surface area contributed by atoms with Gasteiger partial charge in [0.05, 0.1) is 26.2 Å². The van der Waals surface area contributed by atoms with Gasteiger partial charge >= 0.3 is 0 Å². The second-order valence-electron chi connectivity index (χ2n) is 11.8. The Hall–Kier alpha value is -4.83. The van der Waals surface area contributed by atoms with Gasteiger partial charge in [0.2, 0.25) is 5.91 Å². The maximum absolute atomic E-state index is 13.9. The molecule has 0 heterocycles. The average molecular weight is 656 g/mol. The number of nitrogens with zero attached hydrogens (tertiary/aromatic N) is 2. The van der Waals surface area contributed by atoms with E-state index < -0.39 is 10.0 Å². The molecule has 1 unspecified atom stereocenters. The van der Waals surface area contributed by atoms with E-state index in [9.17, 15) is 18.0 Å². The number of rotatable bonds is 11. The molecule has 9 nitrogen and oxygen atoms in total. The molecule has 10 heteroatoms. The van der Waals surface area contributed by atoms with Crippen LogP contribution in [0.2, 0.25) is 0 Å². The zero-order chi connectivity index (χ0) is 33.7. The number of methoxy groups -OCH3 is 1. The number of likely N-dealkylation sites (N-methyl/N-ethyl adjacent to an activating group) is 1. The Morgan fingerprint density at radius 3 is 2.43 bits per heavy atom. The third-order valence-electron chi connectivity index (χ3n) is 8.41. The summed E-state index contributed by atoms with van der Waals surface area (Å²) in [5.41, 5.74) is 5.11. The van der Waals surface area contributed by atoms with Crippen LogP contribution in [-0.2, 0) is 27.7 Å². The van der Waals surface area contributed by atoms with E-state index in [0.717, 1.165) is 41.7 Å². The summed E-state index contributed by atoms with van der Waals surface area (Å²) in [6.07, 6.45) is 2.78. The van der Waals surface area contributed by atoms with Crippen molar-refractivity contribution in [2.45, 2.75) is 43.5 Å². The maximum Gasteiger partial charge on any atom is 0.265 e. The quantitative estimate of drug-likeness (QED) is 0.202. The number of aryl methyl sites for hydroxylation is 1. The molecule has 0 fully saturated rings. The Bertz CT molecular complexity index is 1890. The van der Waals surface area contributed by atoms with Gasteiger partial charge in [-0.05, 0) is 103 Å². The van der Waals surface area contributed by atoms with E-state index in [1.54, 1.807) is 61.5 Å². The summed E-state index contributed by atoms with van der Waals surface area (Å²) in [5.74, 6) is 0.746. The second kappa shape index (κ2) is 14.3. The Morgan fingerprint density at radius 2 is 1.68 bits per heavy atom. The van der Waals surface area contributed by atoms with Crippen LogP contribution in [0.15, 0.2) is 89.8 Å². The predicted molar refractivity (Wildman–Crippen MR) is 183 cm³/mol. The van der Waals surface area contributed by atoms with Gasteiger partial charge in [-0.1, -0.05) is 36.4 Å². The molecule has 0 spiro atoms. The minimum atomic E-state index is -4.10. The number of sulfonamides is 1. The Labute approximate surface area is 277 Å². The summed E-state index contributed by atoms with van der Waals surface area (Å²) in [6.45, 7) is 2.47. The van der Waals surface area contributed by atoms with Gasteiger partial charge in [0, 0.05) is 32.4 Å². The van der Waals surface area contributed by atoms with E-state index in [1.165, 1.54) is 12.0 Å². The number of carbonyl (C=O) groups excluding carboxylic acids is 2. The van der Waals surface area contributed by atoms with Crippen LogP contribution in [0.3, 0.4) is 0 Å². The first-order valence-electron chi connectivity index (χ1n) is 15.6. The largest absolute Gasteiger partial charge is 0.495 e. The van der Waals surface area contributed by atoms with Crippen LogP contribution < -0.4 is 14.2 Å². The second-order valence-corrected chi connectivity index (χ2v) is 13.5. The van der Waals surface area contributed by atoms with Crippen molar-refractivity contribution in [2.24, 2.45) is 0 Å². The predicted octanol–water partition coefficient (Wildman–Crippen LogP) is 6.34. The fraction of sp³-hybridized carbons (Fsp3) is 0.297. The average Bonchev–Trinajstić information content (AvgIpc) is 3.07. The van der Waals surface area contributed by atoms with Crippen molar-refractivity contribution in [3.63, 3.8) is 0 Å². The van der Waals surface area contributed by atoms with E-state index in [2.05, 4.69) is 4.72 Å². The molecular weight excluding hydrogens is 614 g/mol. The van der Waals surface area contributed by atoms with Gasteiger partial charge in [-0.25, -0.2) is 8.42 Å². The Kier molecular flexibility index (Phi) is 10.2. The van der Waals surface area contributed by atoms with E-state index in [-0.39, 0.29) is 34.9 Å². The highest BCUT2D eigenvalue weighted by atomic mass is 32.2. The van der Waals surface area contributed by atoms with E-state index in [4.69, 9.17) is 9.47 Å². The molecule has 0 saturated carbocycles. The summed E-state index contributed by atoms with van der Waals surface area (Å²) in [7, 11) is 2.50. The molecule has 47 heavy (non-hydrogen) atoms.